The largest absolute Gasteiger partial charge is 0.493 e. The van der Waals surface area contributed by atoms with Gasteiger partial charge in [-0.3, -0.25) is 0 Å². The molecule has 18 heavy (non-hydrogen) atoms. The molecule has 0 aliphatic carbocycles. The van der Waals surface area contributed by atoms with Crippen LogP contribution in [0.3, 0.4) is 0 Å². The van der Waals surface area contributed by atoms with E-state index >= 15 is 0 Å². The standard InChI is InChI=1S/C15H20Br2O/c1-10(16)8-15(2,3)9-12-7-13(17)6-11-4-5-18-14(11)12/h6-7,10H,4-5,8-9H2,1-3H3. The van der Waals surface area contributed by atoms with E-state index in [-0.39, 0.29) is 5.41 Å². The average molecular weight is 376 g/mol. The zero-order chi connectivity index (χ0) is 13.3. The molecular weight excluding hydrogens is 356 g/mol. The first-order chi connectivity index (χ1) is 8.37. The molecule has 1 heterocycles. The highest BCUT2D eigenvalue weighted by Crippen LogP contribution is 2.38. The van der Waals surface area contributed by atoms with E-state index in [1.165, 1.54) is 15.6 Å². The lowest BCUT2D eigenvalue weighted by Crippen LogP contribution is -2.19. The van der Waals surface area contributed by atoms with Crippen LogP contribution in [0.4, 0.5) is 0 Å². The lowest BCUT2D eigenvalue weighted by atomic mass is 9.81. The summed E-state index contributed by atoms with van der Waals surface area (Å²) < 4.78 is 6.97. The summed E-state index contributed by atoms with van der Waals surface area (Å²) in [7, 11) is 0. The number of hydrogen-bond acceptors (Lipinski definition) is 1. The Hall–Kier alpha value is -0.0200. The third-order valence-corrected chi connectivity index (χ3v) is 4.11. The normalized spacial score (nSPS) is 16.3. The highest BCUT2D eigenvalue weighted by molar-refractivity contribution is 9.10. The number of hydrogen-bond donors (Lipinski definition) is 0. The zero-order valence-corrected chi connectivity index (χ0v) is 14.4. The Morgan fingerprint density at radius 1 is 1.39 bits per heavy atom. The zero-order valence-electron chi connectivity index (χ0n) is 11.2. The lowest BCUT2D eigenvalue weighted by molar-refractivity contribution is 0.317. The highest BCUT2D eigenvalue weighted by Gasteiger charge is 2.25. The summed E-state index contributed by atoms with van der Waals surface area (Å²) in [5.41, 5.74) is 2.97. The summed E-state index contributed by atoms with van der Waals surface area (Å²) >= 11 is 7.27. The van der Waals surface area contributed by atoms with Gasteiger partial charge in [-0.2, -0.15) is 0 Å². The summed E-state index contributed by atoms with van der Waals surface area (Å²) in [6, 6.07) is 4.40. The van der Waals surface area contributed by atoms with Crippen molar-refractivity contribution >= 4 is 31.9 Å². The molecule has 0 N–H and O–H groups in total. The molecule has 3 heteroatoms. The Morgan fingerprint density at radius 3 is 2.78 bits per heavy atom. The summed E-state index contributed by atoms with van der Waals surface area (Å²) in [6.07, 6.45) is 3.26. The number of fused-ring (bicyclic) bond motifs is 1. The van der Waals surface area contributed by atoms with Crippen LogP contribution in [0.15, 0.2) is 16.6 Å². The molecule has 0 amide bonds. The van der Waals surface area contributed by atoms with Crippen LogP contribution in [-0.2, 0) is 12.8 Å². The van der Waals surface area contributed by atoms with Crippen LogP contribution < -0.4 is 4.74 Å². The first-order valence-corrected chi connectivity index (χ1v) is 8.16. The van der Waals surface area contributed by atoms with E-state index in [1.807, 2.05) is 0 Å². The van der Waals surface area contributed by atoms with Crippen LogP contribution in [0.2, 0.25) is 0 Å². The van der Waals surface area contributed by atoms with Crippen molar-refractivity contribution in [1.82, 2.24) is 0 Å². The fraction of sp³-hybridized carbons (Fsp3) is 0.600. The predicted molar refractivity (Wildman–Crippen MR) is 83.8 cm³/mol. The van der Waals surface area contributed by atoms with Crippen molar-refractivity contribution in [3.8, 4) is 5.75 Å². The van der Waals surface area contributed by atoms with E-state index in [1.54, 1.807) is 0 Å². The smallest absolute Gasteiger partial charge is 0.125 e. The van der Waals surface area contributed by atoms with Crippen molar-refractivity contribution in [3.05, 3.63) is 27.7 Å². The van der Waals surface area contributed by atoms with Crippen LogP contribution in [0.5, 0.6) is 5.75 Å². The molecule has 1 atom stereocenters. The molecule has 1 aromatic carbocycles. The van der Waals surface area contributed by atoms with Gasteiger partial charge in [-0.05, 0) is 41.5 Å². The van der Waals surface area contributed by atoms with E-state index in [9.17, 15) is 0 Å². The minimum absolute atomic E-state index is 0.281. The Kier molecular flexibility index (Phi) is 4.43. The van der Waals surface area contributed by atoms with Crippen LogP contribution in [0, 0.1) is 5.41 Å². The third kappa shape index (κ3) is 3.51. The topological polar surface area (TPSA) is 9.23 Å². The van der Waals surface area contributed by atoms with Gasteiger partial charge in [-0.15, -0.1) is 0 Å². The Morgan fingerprint density at radius 2 is 2.11 bits per heavy atom. The molecule has 2 rings (SSSR count). The fourth-order valence-corrected chi connectivity index (χ4v) is 4.26. The number of ether oxygens (including phenoxy) is 1. The second-order valence-electron chi connectivity index (χ2n) is 5.98. The molecule has 1 aliphatic rings. The van der Waals surface area contributed by atoms with Gasteiger partial charge >= 0.3 is 0 Å². The van der Waals surface area contributed by atoms with Crippen molar-refractivity contribution in [2.45, 2.75) is 44.9 Å². The highest BCUT2D eigenvalue weighted by atomic mass is 79.9. The van der Waals surface area contributed by atoms with Gasteiger partial charge in [-0.25, -0.2) is 0 Å². The first kappa shape index (κ1) is 14.4. The molecule has 0 aromatic heterocycles. The maximum atomic E-state index is 5.80. The summed E-state index contributed by atoms with van der Waals surface area (Å²) in [5.74, 6) is 1.13. The first-order valence-electron chi connectivity index (χ1n) is 6.45. The minimum Gasteiger partial charge on any atom is -0.493 e. The molecule has 0 fully saturated rings. The van der Waals surface area contributed by atoms with Gasteiger partial charge in [0.05, 0.1) is 6.61 Å². The van der Waals surface area contributed by atoms with Gasteiger partial charge in [0.2, 0.25) is 0 Å². The molecule has 0 saturated carbocycles. The molecule has 1 aliphatic heterocycles. The predicted octanol–water partition coefficient (Wildman–Crippen LogP) is 5.13. The minimum atomic E-state index is 0.281. The quantitative estimate of drug-likeness (QED) is 0.663. The van der Waals surface area contributed by atoms with Gasteiger partial charge in [-0.1, -0.05) is 52.6 Å². The van der Waals surface area contributed by atoms with E-state index < -0.39 is 0 Å². The number of rotatable bonds is 4. The second-order valence-corrected chi connectivity index (χ2v) is 8.46. The van der Waals surface area contributed by atoms with E-state index in [4.69, 9.17) is 4.74 Å². The lowest BCUT2D eigenvalue weighted by Gasteiger charge is -2.27. The van der Waals surface area contributed by atoms with E-state index in [0.717, 1.165) is 31.6 Å². The molecule has 1 aromatic rings. The third-order valence-electron chi connectivity index (χ3n) is 3.33. The van der Waals surface area contributed by atoms with Crippen molar-refractivity contribution < 1.29 is 4.74 Å². The molecule has 0 bridgehead atoms. The van der Waals surface area contributed by atoms with Crippen molar-refractivity contribution in [3.63, 3.8) is 0 Å². The molecule has 0 spiro atoms. The Bertz CT molecular complexity index is 438. The SMILES string of the molecule is CC(Br)CC(C)(C)Cc1cc(Br)cc2c1OCC2. The molecular formula is C15H20Br2O. The van der Waals surface area contributed by atoms with Crippen molar-refractivity contribution in [2.24, 2.45) is 5.41 Å². The van der Waals surface area contributed by atoms with Crippen LogP contribution in [0.25, 0.3) is 0 Å². The maximum Gasteiger partial charge on any atom is 0.125 e. The monoisotopic (exact) mass is 374 g/mol. The van der Waals surface area contributed by atoms with Gasteiger partial charge in [0.15, 0.2) is 0 Å². The molecule has 1 unspecified atom stereocenters. The van der Waals surface area contributed by atoms with Crippen molar-refractivity contribution in [1.29, 1.82) is 0 Å². The summed E-state index contributed by atoms with van der Waals surface area (Å²) in [5, 5.41) is 0. The van der Waals surface area contributed by atoms with Crippen LogP contribution in [0.1, 0.15) is 38.3 Å². The number of alkyl halides is 1. The number of benzene rings is 1. The maximum absolute atomic E-state index is 5.80. The average Bonchev–Trinajstić information content (AvgIpc) is 2.61. The van der Waals surface area contributed by atoms with Crippen molar-refractivity contribution in [2.75, 3.05) is 6.61 Å². The summed E-state index contributed by atoms with van der Waals surface area (Å²) in [4.78, 5) is 0.550. The van der Waals surface area contributed by atoms with Crippen LogP contribution >= 0.6 is 31.9 Å². The Labute approximate surface area is 127 Å². The van der Waals surface area contributed by atoms with Gasteiger partial charge < -0.3 is 4.74 Å². The van der Waals surface area contributed by atoms with Crippen LogP contribution in [-0.4, -0.2) is 11.4 Å². The van der Waals surface area contributed by atoms with Gasteiger partial charge in [0.25, 0.3) is 0 Å². The second kappa shape index (κ2) is 5.54. The summed E-state index contributed by atoms with van der Waals surface area (Å²) in [6.45, 7) is 7.69. The molecule has 0 saturated heterocycles. The molecule has 100 valence electrons. The van der Waals surface area contributed by atoms with E-state index in [2.05, 4.69) is 64.8 Å². The van der Waals surface area contributed by atoms with Gasteiger partial charge in [0.1, 0.15) is 5.75 Å². The fourth-order valence-electron chi connectivity index (χ4n) is 2.83. The van der Waals surface area contributed by atoms with E-state index in [0.29, 0.717) is 4.83 Å². The molecule has 0 radical (unpaired) electrons. The van der Waals surface area contributed by atoms with Gasteiger partial charge in [0, 0.05) is 15.7 Å². The molecule has 1 nitrogen and oxygen atoms in total. The Balaban J connectivity index is 2.24. The number of halogens is 2.